The molecule has 112 valence electrons. The first-order valence-electron chi connectivity index (χ1n) is 6.99. The van der Waals surface area contributed by atoms with E-state index in [0.717, 1.165) is 28.1 Å². The molecule has 0 radical (unpaired) electrons. The minimum absolute atomic E-state index is 0.838. The van der Waals surface area contributed by atoms with Crippen LogP contribution in [0.2, 0.25) is 0 Å². The lowest BCUT2D eigenvalue weighted by Crippen LogP contribution is -2.03. The van der Waals surface area contributed by atoms with Crippen molar-refractivity contribution in [2.24, 2.45) is 0 Å². The summed E-state index contributed by atoms with van der Waals surface area (Å²) in [4.78, 5) is 5.57. The topological polar surface area (TPSA) is 50.7 Å². The van der Waals surface area contributed by atoms with Gasteiger partial charge in [-0.25, -0.2) is 0 Å². The number of aryl methyl sites for hydroxylation is 1. The molecule has 6 heteroatoms. The van der Waals surface area contributed by atoms with Crippen LogP contribution in [0, 0.1) is 6.92 Å². The SMILES string of the molecule is Cc1ccc(SCCNc2nnc(-c3ccccn3)s2)cc1. The first-order chi connectivity index (χ1) is 10.8. The molecular formula is C16H16N4S2. The van der Waals surface area contributed by atoms with E-state index >= 15 is 0 Å². The molecule has 0 fully saturated rings. The smallest absolute Gasteiger partial charge is 0.206 e. The zero-order chi connectivity index (χ0) is 15.2. The molecule has 0 spiro atoms. The van der Waals surface area contributed by atoms with Gasteiger partial charge in [0.2, 0.25) is 5.13 Å². The van der Waals surface area contributed by atoms with Crippen molar-refractivity contribution in [1.82, 2.24) is 15.2 Å². The average Bonchev–Trinajstić information content (AvgIpc) is 3.03. The van der Waals surface area contributed by atoms with Crippen LogP contribution in [0.1, 0.15) is 5.56 Å². The van der Waals surface area contributed by atoms with E-state index in [1.165, 1.54) is 21.8 Å². The normalized spacial score (nSPS) is 10.6. The van der Waals surface area contributed by atoms with E-state index in [4.69, 9.17) is 0 Å². The Morgan fingerprint density at radius 3 is 2.73 bits per heavy atom. The van der Waals surface area contributed by atoms with Gasteiger partial charge in [-0.15, -0.1) is 22.0 Å². The Morgan fingerprint density at radius 1 is 1.09 bits per heavy atom. The molecule has 0 aliphatic carbocycles. The molecular weight excluding hydrogens is 312 g/mol. The highest BCUT2D eigenvalue weighted by atomic mass is 32.2. The number of benzene rings is 1. The number of aromatic nitrogens is 3. The Labute approximate surface area is 138 Å². The van der Waals surface area contributed by atoms with Crippen molar-refractivity contribution in [1.29, 1.82) is 0 Å². The predicted octanol–water partition coefficient (Wildman–Crippen LogP) is 4.11. The lowest BCUT2D eigenvalue weighted by Gasteiger charge is -2.03. The molecule has 0 atom stereocenters. The second-order valence-corrected chi connectivity index (χ2v) is 6.86. The van der Waals surface area contributed by atoms with E-state index < -0.39 is 0 Å². The summed E-state index contributed by atoms with van der Waals surface area (Å²) < 4.78 is 0. The summed E-state index contributed by atoms with van der Waals surface area (Å²) in [6.45, 7) is 2.96. The Hall–Kier alpha value is -1.92. The van der Waals surface area contributed by atoms with Crippen LogP contribution < -0.4 is 5.32 Å². The molecule has 1 aromatic carbocycles. The minimum Gasteiger partial charge on any atom is -0.359 e. The number of nitrogens with zero attached hydrogens (tertiary/aromatic N) is 3. The van der Waals surface area contributed by atoms with Crippen molar-refractivity contribution in [3.63, 3.8) is 0 Å². The summed E-state index contributed by atoms with van der Waals surface area (Å²) in [7, 11) is 0. The van der Waals surface area contributed by atoms with Gasteiger partial charge >= 0.3 is 0 Å². The molecule has 22 heavy (non-hydrogen) atoms. The van der Waals surface area contributed by atoms with Gasteiger partial charge in [0, 0.05) is 23.4 Å². The lowest BCUT2D eigenvalue weighted by molar-refractivity contribution is 1.07. The maximum atomic E-state index is 4.28. The fourth-order valence-corrected chi connectivity index (χ4v) is 3.36. The molecule has 0 bridgehead atoms. The van der Waals surface area contributed by atoms with E-state index in [1.54, 1.807) is 6.20 Å². The molecule has 4 nitrogen and oxygen atoms in total. The number of hydrogen-bond acceptors (Lipinski definition) is 6. The molecule has 0 amide bonds. The summed E-state index contributed by atoms with van der Waals surface area (Å²) in [5.74, 6) is 0.988. The van der Waals surface area contributed by atoms with Gasteiger partial charge < -0.3 is 5.32 Å². The Kier molecular flexibility index (Phi) is 5.03. The fourth-order valence-electron chi connectivity index (χ4n) is 1.85. The van der Waals surface area contributed by atoms with Crippen LogP contribution >= 0.6 is 23.1 Å². The number of thioether (sulfide) groups is 1. The third-order valence-electron chi connectivity index (χ3n) is 2.98. The van der Waals surface area contributed by atoms with Crippen LogP contribution in [0.4, 0.5) is 5.13 Å². The van der Waals surface area contributed by atoms with Crippen LogP contribution in [-0.2, 0) is 0 Å². The van der Waals surface area contributed by atoms with E-state index in [9.17, 15) is 0 Å². The van der Waals surface area contributed by atoms with Gasteiger partial charge in [-0.2, -0.15) is 0 Å². The van der Waals surface area contributed by atoms with Crippen molar-refractivity contribution < 1.29 is 0 Å². The lowest BCUT2D eigenvalue weighted by atomic mass is 10.2. The largest absolute Gasteiger partial charge is 0.359 e. The summed E-state index contributed by atoms with van der Waals surface area (Å²) in [6, 6.07) is 14.4. The molecule has 0 saturated heterocycles. The average molecular weight is 328 g/mol. The van der Waals surface area contributed by atoms with Crippen LogP contribution in [0.5, 0.6) is 0 Å². The van der Waals surface area contributed by atoms with Crippen molar-refractivity contribution >= 4 is 28.2 Å². The van der Waals surface area contributed by atoms with Crippen molar-refractivity contribution in [3.8, 4) is 10.7 Å². The number of pyridine rings is 1. The quantitative estimate of drug-likeness (QED) is 0.545. The van der Waals surface area contributed by atoms with Gasteiger partial charge in [0.25, 0.3) is 0 Å². The summed E-state index contributed by atoms with van der Waals surface area (Å²) >= 11 is 3.36. The fraction of sp³-hybridized carbons (Fsp3) is 0.188. The highest BCUT2D eigenvalue weighted by molar-refractivity contribution is 7.99. The zero-order valence-electron chi connectivity index (χ0n) is 12.2. The number of anilines is 1. The van der Waals surface area contributed by atoms with Crippen LogP contribution in [0.15, 0.2) is 53.6 Å². The second kappa shape index (κ2) is 7.38. The molecule has 0 saturated carbocycles. The van der Waals surface area contributed by atoms with Gasteiger partial charge in [0.15, 0.2) is 5.01 Å². The molecule has 0 aliphatic rings. The summed E-state index contributed by atoms with van der Waals surface area (Å²) in [5, 5.41) is 13.3. The maximum Gasteiger partial charge on any atom is 0.206 e. The molecule has 2 aromatic heterocycles. The maximum absolute atomic E-state index is 4.28. The van der Waals surface area contributed by atoms with Crippen molar-refractivity contribution in [2.75, 3.05) is 17.6 Å². The van der Waals surface area contributed by atoms with Crippen molar-refractivity contribution in [2.45, 2.75) is 11.8 Å². The van der Waals surface area contributed by atoms with Crippen LogP contribution in [0.3, 0.4) is 0 Å². The highest BCUT2D eigenvalue weighted by Gasteiger charge is 2.06. The van der Waals surface area contributed by atoms with Crippen molar-refractivity contribution in [3.05, 3.63) is 54.2 Å². The first kappa shape index (κ1) is 15.0. The zero-order valence-corrected chi connectivity index (χ0v) is 13.8. The van der Waals surface area contributed by atoms with Crippen LogP contribution in [-0.4, -0.2) is 27.5 Å². The first-order valence-corrected chi connectivity index (χ1v) is 8.80. The van der Waals surface area contributed by atoms with Gasteiger partial charge in [0.1, 0.15) is 5.69 Å². The molecule has 3 rings (SSSR count). The van der Waals surface area contributed by atoms with E-state index in [0.29, 0.717) is 0 Å². The molecule has 2 heterocycles. The molecule has 1 N–H and O–H groups in total. The summed E-state index contributed by atoms with van der Waals surface area (Å²) in [6.07, 6.45) is 1.77. The molecule has 0 unspecified atom stereocenters. The molecule has 3 aromatic rings. The highest BCUT2D eigenvalue weighted by Crippen LogP contribution is 2.24. The second-order valence-electron chi connectivity index (χ2n) is 4.72. The number of nitrogens with one attached hydrogen (secondary N) is 1. The van der Waals surface area contributed by atoms with Crippen LogP contribution in [0.25, 0.3) is 10.7 Å². The Balaban J connectivity index is 1.48. The third kappa shape index (κ3) is 4.05. The van der Waals surface area contributed by atoms with E-state index in [-0.39, 0.29) is 0 Å². The number of rotatable bonds is 6. The standard InChI is InChI=1S/C16H16N4S2/c1-12-5-7-13(8-6-12)21-11-10-18-16-20-19-15(22-16)14-4-2-3-9-17-14/h2-9H,10-11H2,1H3,(H,18,20). The monoisotopic (exact) mass is 328 g/mol. The third-order valence-corrected chi connectivity index (χ3v) is 4.89. The van der Waals surface area contributed by atoms with Gasteiger partial charge in [-0.3, -0.25) is 4.98 Å². The minimum atomic E-state index is 0.838. The summed E-state index contributed by atoms with van der Waals surface area (Å²) in [5.41, 5.74) is 2.15. The Morgan fingerprint density at radius 2 is 1.95 bits per heavy atom. The number of hydrogen-bond donors (Lipinski definition) is 1. The van der Waals surface area contributed by atoms with Gasteiger partial charge in [-0.05, 0) is 31.2 Å². The van der Waals surface area contributed by atoms with Gasteiger partial charge in [-0.1, -0.05) is 35.1 Å². The Bertz CT molecular complexity index is 711. The van der Waals surface area contributed by atoms with E-state index in [1.807, 2.05) is 30.0 Å². The van der Waals surface area contributed by atoms with E-state index in [2.05, 4.69) is 51.7 Å². The van der Waals surface area contributed by atoms with Gasteiger partial charge in [0.05, 0.1) is 0 Å². The predicted molar refractivity (Wildman–Crippen MR) is 93.5 cm³/mol. The molecule has 0 aliphatic heterocycles.